The number of ether oxygens (including phenoxy) is 1. The van der Waals surface area contributed by atoms with Crippen LogP contribution in [-0.4, -0.2) is 9.97 Å². The van der Waals surface area contributed by atoms with Gasteiger partial charge < -0.3 is 23.5 Å². The molecule has 0 saturated heterocycles. The van der Waals surface area contributed by atoms with Gasteiger partial charge in [-0.15, -0.1) is 58.3 Å². The minimum atomic E-state index is -1.11. The first-order valence-corrected chi connectivity index (χ1v) is 17.3. The molecule has 0 bridgehead atoms. The van der Waals surface area contributed by atoms with Crippen LogP contribution in [0.15, 0.2) is 116 Å². The van der Waals surface area contributed by atoms with Crippen LogP contribution in [0.4, 0.5) is 0 Å². The molecule has 0 fully saturated rings. The second kappa shape index (κ2) is 12.1. The average Bonchev–Trinajstić information content (AvgIpc) is 3.12. The fourth-order valence-corrected chi connectivity index (χ4v) is 7.52. The molecule has 0 spiro atoms. The number of fused-ring (bicyclic) bond motifs is 8. The summed E-state index contributed by atoms with van der Waals surface area (Å²) in [7, 11) is 0. The van der Waals surface area contributed by atoms with E-state index < -0.39 is 16.7 Å². The van der Waals surface area contributed by atoms with Gasteiger partial charge in [-0.2, -0.15) is 0 Å². The van der Waals surface area contributed by atoms with Crippen LogP contribution in [-0.2, 0) is 37.3 Å². The molecule has 0 unspecified atom stereocenters. The van der Waals surface area contributed by atoms with Crippen LogP contribution >= 0.6 is 0 Å². The van der Waals surface area contributed by atoms with Gasteiger partial charge in [0.25, 0.3) is 11.3 Å². The Labute approximate surface area is 319 Å². The number of nitrogens with zero attached hydrogens (tertiary/aromatic N) is 2. The van der Waals surface area contributed by atoms with Crippen molar-refractivity contribution < 1.29 is 34.6 Å². The molecule has 1 aliphatic rings. The molecule has 5 heterocycles. The van der Waals surface area contributed by atoms with E-state index in [1.165, 1.54) is 0 Å². The van der Waals surface area contributed by atoms with Gasteiger partial charge in [0, 0.05) is 40.0 Å². The zero-order valence-corrected chi connectivity index (χ0v) is 32.3. The number of aromatic nitrogens is 2. The second-order valence-corrected chi connectivity index (χ2v) is 15.6. The van der Waals surface area contributed by atoms with Gasteiger partial charge in [-0.05, 0) is 69.1 Å². The molecule has 0 saturated carbocycles. The maximum absolute atomic E-state index is 13.4. The van der Waals surface area contributed by atoms with E-state index in [1.54, 1.807) is 48.8 Å². The van der Waals surface area contributed by atoms with E-state index in [2.05, 4.69) is 87.9 Å². The molecule has 264 valence electrons. The van der Waals surface area contributed by atoms with Crippen LogP contribution in [0, 0.1) is 12.1 Å². The van der Waals surface area contributed by atoms with Crippen molar-refractivity contribution in [3.05, 3.63) is 164 Å². The van der Waals surface area contributed by atoms with Gasteiger partial charge >= 0.3 is 21.1 Å². The van der Waals surface area contributed by atoms with E-state index in [-0.39, 0.29) is 31.9 Å². The molecule has 53 heavy (non-hydrogen) atoms. The molecular weight excluding hydrogens is 844 g/mol. The quantitative estimate of drug-likeness (QED) is 0.126. The Morgan fingerprint density at radius 2 is 1.02 bits per heavy atom. The molecule has 0 aliphatic carbocycles. The molecule has 4 aromatic heterocycles. The molecule has 0 amide bonds. The van der Waals surface area contributed by atoms with Gasteiger partial charge in [0.2, 0.25) is 0 Å². The van der Waals surface area contributed by atoms with Crippen LogP contribution in [0.5, 0.6) is 11.5 Å². The maximum atomic E-state index is 13.4. The minimum absolute atomic E-state index is 0. The van der Waals surface area contributed by atoms with Gasteiger partial charge in [-0.25, -0.2) is 0 Å². The summed E-state index contributed by atoms with van der Waals surface area (Å²) in [5, 5.41) is 1.84. The van der Waals surface area contributed by atoms with Gasteiger partial charge in [-0.3, -0.25) is 9.59 Å². The summed E-state index contributed by atoms with van der Waals surface area (Å²) >= 11 is 0. The van der Waals surface area contributed by atoms with E-state index >= 15 is 0 Å². The predicted molar refractivity (Wildman–Crippen MR) is 203 cm³/mol. The Balaban J connectivity index is 0.00000400. The summed E-state index contributed by atoms with van der Waals surface area (Å²) in [5.74, 6) is 1.36. The molecule has 4 aromatic carbocycles. The van der Waals surface area contributed by atoms with Crippen molar-refractivity contribution in [3.63, 3.8) is 0 Å². The van der Waals surface area contributed by atoms with Gasteiger partial charge in [-0.1, -0.05) is 65.8 Å². The second-order valence-electron chi connectivity index (χ2n) is 15.6. The molecule has 7 nitrogen and oxygen atoms in total. The largest absolute Gasteiger partial charge is 2.00 e. The summed E-state index contributed by atoms with van der Waals surface area (Å²) in [4.78, 5) is 36.0. The van der Waals surface area contributed by atoms with Crippen molar-refractivity contribution in [1.82, 2.24) is 9.97 Å². The van der Waals surface area contributed by atoms with Crippen LogP contribution in [0.25, 0.3) is 43.7 Å². The van der Waals surface area contributed by atoms with E-state index in [9.17, 15) is 9.59 Å². The van der Waals surface area contributed by atoms with Crippen LogP contribution in [0.3, 0.4) is 0 Å². The van der Waals surface area contributed by atoms with E-state index in [1.807, 2.05) is 24.3 Å². The van der Waals surface area contributed by atoms with Gasteiger partial charge in [0.1, 0.15) is 22.7 Å². The Kier molecular flexibility index (Phi) is 7.90. The number of pyridine rings is 2. The van der Waals surface area contributed by atoms with E-state index in [0.29, 0.717) is 55.2 Å². The molecule has 8 heteroatoms. The van der Waals surface area contributed by atoms with Crippen LogP contribution in [0.1, 0.15) is 74.9 Å². The monoisotopic (exact) mass is 877 g/mol. The van der Waals surface area contributed by atoms with Gasteiger partial charge in [0.05, 0.1) is 0 Å². The number of benzene rings is 4. The topological polar surface area (TPSA) is 95.4 Å². The first-order chi connectivity index (χ1) is 24.8. The molecule has 0 radical (unpaired) electrons. The van der Waals surface area contributed by atoms with Crippen molar-refractivity contribution >= 4 is 43.7 Å². The Morgan fingerprint density at radius 3 is 1.43 bits per heavy atom. The SMILES string of the molecule is CC(C)(C)c1ccc2c(c1)C(c1[c-]c3c(cc1)c(=O)oc1cccnc13)(c1[c-]c3c(cc1)c(=O)oc1cccnc13)c1cc(C(C)(C)C)ccc1O2.[Pt+2]. The average molecular weight is 878 g/mol. The summed E-state index contributed by atoms with van der Waals surface area (Å²) in [6.45, 7) is 13.1. The number of hydrogen-bond acceptors (Lipinski definition) is 7. The molecule has 0 atom stereocenters. The van der Waals surface area contributed by atoms with Crippen molar-refractivity contribution in [2.75, 3.05) is 0 Å². The summed E-state index contributed by atoms with van der Waals surface area (Å²) in [6, 6.07) is 34.6. The summed E-state index contributed by atoms with van der Waals surface area (Å²) in [5.41, 5.74) is 4.84. The zero-order chi connectivity index (χ0) is 36.2. The first-order valence-electron chi connectivity index (χ1n) is 17.3. The molecular formula is C45H34N2O5Pt. The van der Waals surface area contributed by atoms with Crippen molar-refractivity contribution in [1.29, 1.82) is 0 Å². The molecule has 0 N–H and O–H groups in total. The smallest absolute Gasteiger partial charge is 0.457 e. The van der Waals surface area contributed by atoms with Crippen molar-refractivity contribution in [3.8, 4) is 11.5 Å². The molecule has 9 rings (SSSR count). The third kappa shape index (κ3) is 5.27. The molecule has 1 aliphatic heterocycles. The van der Waals surface area contributed by atoms with E-state index in [4.69, 9.17) is 13.6 Å². The maximum Gasteiger partial charge on any atom is 2.00 e. The summed E-state index contributed by atoms with van der Waals surface area (Å²) in [6.07, 6.45) is 3.37. The predicted octanol–water partition coefficient (Wildman–Crippen LogP) is 9.68. The molecule has 8 aromatic rings. The minimum Gasteiger partial charge on any atom is -0.457 e. The number of rotatable bonds is 2. The Morgan fingerprint density at radius 1 is 0.585 bits per heavy atom. The third-order valence-electron chi connectivity index (χ3n) is 10.3. The first kappa shape index (κ1) is 34.7. The van der Waals surface area contributed by atoms with Crippen molar-refractivity contribution in [2.24, 2.45) is 0 Å². The van der Waals surface area contributed by atoms with Crippen LogP contribution < -0.4 is 16.0 Å². The van der Waals surface area contributed by atoms with Gasteiger partial charge in [0.15, 0.2) is 0 Å². The fraction of sp³-hybridized carbons (Fsp3) is 0.200. The third-order valence-corrected chi connectivity index (χ3v) is 10.3. The van der Waals surface area contributed by atoms with Crippen LogP contribution in [0.2, 0.25) is 0 Å². The normalized spacial score (nSPS) is 13.8. The Bertz CT molecular complexity index is 2710. The summed E-state index contributed by atoms with van der Waals surface area (Å²) < 4.78 is 18.1. The Hall–Kier alpha value is -5.39. The van der Waals surface area contributed by atoms with E-state index in [0.717, 1.165) is 33.4 Å². The zero-order valence-electron chi connectivity index (χ0n) is 30.0. The standard InChI is InChI=1S/C45H34N2O5.Pt/c1-43(2,3)25-13-17-35-33(23-25)45(34-24-26(44(4,5)6)14-18-36(34)50-35,27-11-15-29-31(21-27)39-37(51-41(29)48)9-7-19-46-39)28-12-16-30-32(22-28)40-38(52-42(30)49)10-8-20-47-40;/h7-20,23-24H,1-6H3;/q-2;+2. The number of hydrogen-bond donors (Lipinski definition) is 0. The van der Waals surface area contributed by atoms with Crippen molar-refractivity contribution in [2.45, 2.75) is 57.8 Å². The fourth-order valence-electron chi connectivity index (χ4n) is 7.52.